The summed E-state index contributed by atoms with van der Waals surface area (Å²) in [7, 11) is 0. The molecule has 0 spiro atoms. The fraction of sp³-hybridized carbons (Fsp3) is 0.0833. The number of hydrogen-bond acceptors (Lipinski definition) is 7. The monoisotopic (exact) mass is 490 g/mol. The summed E-state index contributed by atoms with van der Waals surface area (Å²) in [4.78, 5) is 33.6. The number of carbonyl (C=O) groups excluding carboxylic acids is 2. The summed E-state index contributed by atoms with van der Waals surface area (Å²) in [5.74, 6) is -0.371. The molecule has 0 saturated heterocycles. The first kappa shape index (κ1) is 21.4. The van der Waals surface area contributed by atoms with E-state index in [1.807, 2.05) is 35.7 Å². The molecule has 9 heteroatoms. The molecule has 33 heavy (non-hydrogen) atoms. The minimum absolute atomic E-state index is 0.129. The van der Waals surface area contributed by atoms with Gasteiger partial charge in [-0.25, -0.2) is 9.97 Å². The van der Waals surface area contributed by atoms with Gasteiger partial charge in [0.05, 0.1) is 27.9 Å². The molecule has 0 radical (unpaired) electrons. The number of amides is 2. The quantitative estimate of drug-likeness (QED) is 0.296. The molecular formula is C24H18N4O2S3. The molecule has 164 valence electrons. The van der Waals surface area contributed by atoms with Gasteiger partial charge in [-0.15, -0.1) is 22.7 Å². The van der Waals surface area contributed by atoms with E-state index in [1.54, 1.807) is 28.2 Å². The van der Waals surface area contributed by atoms with Gasteiger partial charge in [-0.1, -0.05) is 6.07 Å². The van der Waals surface area contributed by atoms with Crippen LogP contribution in [0, 0.1) is 6.92 Å². The Hall–Kier alpha value is -3.40. The number of carbonyl (C=O) groups is 2. The van der Waals surface area contributed by atoms with Crippen molar-refractivity contribution in [3.8, 4) is 10.6 Å². The highest BCUT2D eigenvalue weighted by molar-refractivity contribution is 7.21. The molecule has 0 fully saturated rings. The van der Waals surface area contributed by atoms with Gasteiger partial charge in [-0.2, -0.15) is 11.3 Å². The lowest BCUT2D eigenvalue weighted by Gasteiger charge is -2.05. The van der Waals surface area contributed by atoms with Crippen LogP contribution in [0.25, 0.3) is 20.8 Å². The molecule has 5 rings (SSSR count). The SMILES string of the molecule is Cc1ccc2nc(-c3ccc(NC(=O)Cc4csc(NC(=O)c5ccsc5)n4)cc3)sc2c1. The summed E-state index contributed by atoms with van der Waals surface area (Å²) in [6.07, 6.45) is 0.129. The summed E-state index contributed by atoms with van der Waals surface area (Å²) in [5, 5.41) is 12.5. The van der Waals surface area contributed by atoms with E-state index in [4.69, 9.17) is 4.98 Å². The van der Waals surface area contributed by atoms with Crippen molar-refractivity contribution < 1.29 is 9.59 Å². The molecular weight excluding hydrogens is 472 g/mol. The highest BCUT2D eigenvalue weighted by atomic mass is 32.1. The maximum atomic E-state index is 12.5. The molecule has 2 amide bonds. The van der Waals surface area contributed by atoms with E-state index < -0.39 is 0 Å². The van der Waals surface area contributed by atoms with Crippen molar-refractivity contribution >= 4 is 66.9 Å². The first-order valence-corrected chi connectivity index (χ1v) is 12.7. The van der Waals surface area contributed by atoms with E-state index in [1.165, 1.54) is 28.2 Å². The van der Waals surface area contributed by atoms with Crippen molar-refractivity contribution in [3.63, 3.8) is 0 Å². The van der Waals surface area contributed by atoms with E-state index >= 15 is 0 Å². The number of hydrogen-bond donors (Lipinski definition) is 2. The summed E-state index contributed by atoms with van der Waals surface area (Å²) < 4.78 is 1.16. The average Bonchev–Trinajstić information content (AvgIpc) is 3.55. The normalized spacial score (nSPS) is 10.9. The predicted molar refractivity (Wildman–Crippen MR) is 137 cm³/mol. The average molecular weight is 491 g/mol. The van der Waals surface area contributed by atoms with Gasteiger partial charge in [0.1, 0.15) is 5.01 Å². The van der Waals surface area contributed by atoms with Gasteiger partial charge in [0.25, 0.3) is 5.91 Å². The standard InChI is InChI=1S/C24H18N4O2S3/c1-14-2-7-19-20(10-14)33-23(27-19)15-3-5-17(6-4-15)25-21(29)11-18-13-32-24(26-18)28-22(30)16-8-9-31-12-16/h2-10,12-13H,11H2,1H3,(H,25,29)(H,26,28,30). The second-order valence-corrected chi connectivity index (χ2v) is 10.1. The predicted octanol–water partition coefficient (Wildman–Crippen LogP) is 6.22. The third-order valence-electron chi connectivity index (χ3n) is 4.86. The maximum Gasteiger partial charge on any atom is 0.258 e. The summed E-state index contributed by atoms with van der Waals surface area (Å²) >= 11 is 4.42. The second kappa shape index (κ2) is 9.22. The molecule has 0 aliphatic rings. The highest BCUT2D eigenvalue weighted by Gasteiger charge is 2.12. The number of nitrogens with zero attached hydrogens (tertiary/aromatic N) is 2. The maximum absolute atomic E-state index is 12.5. The molecule has 3 aromatic heterocycles. The minimum Gasteiger partial charge on any atom is -0.326 e. The Morgan fingerprint density at radius 1 is 0.970 bits per heavy atom. The molecule has 2 aromatic carbocycles. The van der Waals surface area contributed by atoms with Crippen LogP contribution in [0.3, 0.4) is 0 Å². The molecule has 3 heterocycles. The van der Waals surface area contributed by atoms with Gasteiger partial charge < -0.3 is 5.32 Å². The Morgan fingerprint density at radius 2 is 1.82 bits per heavy atom. The number of anilines is 2. The van der Waals surface area contributed by atoms with Gasteiger partial charge in [0, 0.05) is 22.0 Å². The van der Waals surface area contributed by atoms with E-state index in [0.29, 0.717) is 22.1 Å². The lowest BCUT2D eigenvalue weighted by atomic mass is 10.2. The minimum atomic E-state index is -0.204. The van der Waals surface area contributed by atoms with Crippen molar-refractivity contribution in [2.45, 2.75) is 13.3 Å². The number of nitrogens with one attached hydrogen (secondary N) is 2. The van der Waals surface area contributed by atoms with Gasteiger partial charge in [-0.05, 0) is 60.3 Å². The Bertz CT molecular complexity index is 1440. The zero-order valence-electron chi connectivity index (χ0n) is 17.5. The van der Waals surface area contributed by atoms with Crippen molar-refractivity contribution in [1.82, 2.24) is 9.97 Å². The van der Waals surface area contributed by atoms with Crippen molar-refractivity contribution in [2.24, 2.45) is 0 Å². The molecule has 6 nitrogen and oxygen atoms in total. The van der Waals surface area contributed by atoms with Crippen LogP contribution < -0.4 is 10.6 Å². The number of rotatable bonds is 6. The number of aromatic nitrogens is 2. The zero-order chi connectivity index (χ0) is 22.8. The third-order valence-corrected chi connectivity index (χ3v) is 7.41. The first-order chi connectivity index (χ1) is 16.0. The largest absolute Gasteiger partial charge is 0.326 e. The van der Waals surface area contributed by atoms with Crippen molar-refractivity contribution in [1.29, 1.82) is 0 Å². The summed E-state index contributed by atoms with van der Waals surface area (Å²) in [5.41, 5.74) is 5.14. The number of fused-ring (bicyclic) bond motifs is 1. The first-order valence-electron chi connectivity index (χ1n) is 10.1. The molecule has 0 atom stereocenters. The van der Waals surface area contributed by atoms with Gasteiger partial charge >= 0.3 is 0 Å². The second-order valence-electron chi connectivity index (χ2n) is 7.40. The number of benzene rings is 2. The van der Waals surface area contributed by atoms with E-state index in [9.17, 15) is 9.59 Å². The fourth-order valence-corrected chi connectivity index (χ4v) is 5.64. The Balaban J connectivity index is 1.19. The number of aryl methyl sites for hydroxylation is 1. The zero-order valence-corrected chi connectivity index (χ0v) is 19.9. The van der Waals surface area contributed by atoms with Crippen LogP contribution in [0.4, 0.5) is 10.8 Å². The fourth-order valence-electron chi connectivity index (χ4n) is 3.23. The molecule has 0 aliphatic heterocycles. The van der Waals surface area contributed by atoms with E-state index in [0.717, 1.165) is 20.8 Å². The topological polar surface area (TPSA) is 84.0 Å². The van der Waals surface area contributed by atoms with Crippen LogP contribution in [0.15, 0.2) is 64.7 Å². The summed E-state index contributed by atoms with van der Waals surface area (Å²) in [6.45, 7) is 2.07. The Kier molecular flexibility index (Phi) is 5.99. The van der Waals surface area contributed by atoms with Gasteiger partial charge in [0.15, 0.2) is 5.13 Å². The van der Waals surface area contributed by atoms with Crippen LogP contribution in [-0.4, -0.2) is 21.8 Å². The highest BCUT2D eigenvalue weighted by Crippen LogP contribution is 2.31. The van der Waals surface area contributed by atoms with Crippen LogP contribution in [0.2, 0.25) is 0 Å². The molecule has 0 unspecified atom stereocenters. The lowest BCUT2D eigenvalue weighted by molar-refractivity contribution is -0.115. The number of thiazole rings is 2. The lowest BCUT2D eigenvalue weighted by Crippen LogP contribution is -2.15. The summed E-state index contributed by atoms with van der Waals surface area (Å²) in [6, 6.07) is 15.7. The van der Waals surface area contributed by atoms with E-state index in [2.05, 4.69) is 34.7 Å². The van der Waals surface area contributed by atoms with Crippen molar-refractivity contribution in [3.05, 3.63) is 81.5 Å². The van der Waals surface area contributed by atoms with Crippen LogP contribution in [0.1, 0.15) is 21.6 Å². The molecule has 0 aliphatic carbocycles. The van der Waals surface area contributed by atoms with Crippen LogP contribution in [-0.2, 0) is 11.2 Å². The molecule has 5 aromatic rings. The van der Waals surface area contributed by atoms with Gasteiger partial charge in [0.2, 0.25) is 5.91 Å². The van der Waals surface area contributed by atoms with E-state index in [-0.39, 0.29) is 18.2 Å². The van der Waals surface area contributed by atoms with Crippen molar-refractivity contribution in [2.75, 3.05) is 10.6 Å². The molecule has 2 N–H and O–H groups in total. The van der Waals surface area contributed by atoms with Crippen LogP contribution >= 0.6 is 34.0 Å². The molecule has 0 saturated carbocycles. The molecule has 0 bridgehead atoms. The van der Waals surface area contributed by atoms with Gasteiger partial charge in [-0.3, -0.25) is 14.9 Å². The van der Waals surface area contributed by atoms with Crippen LogP contribution in [0.5, 0.6) is 0 Å². The number of thiophene rings is 1. The Morgan fingerprint density at radius 3 is 2.61 bits per heavy atom. The third kappa shape index (κ3) is 5.00. The Labute approximate surface area is 202 Å². The smallest absolute Gasteiger partial charge is 0.258 e.